The van der Waals surface area contributed by atoms with Gasteiger partial charge in [-0.2, -0.15) is 0 Å². The van der Waals surface area contributed by atoms with Crippen LogP contribution in [0.4, 0.5) is 4.79 Å². The molecule has 1 saturated heterocycles. The zero-order valence-corrected chi connectivity index (χ0v) is 12.0. The highest BCUT2D eigenvalue weighted by atomic mass is 16.5. The molecule has 1 aliphatic heterocycles. The van der Waals surface area contributed by atoms with Gasteiger partial charge in [-0.05, 0) is 19.3 Å². The van der Waals surface area contributed by atoms with Gasteiger partial charge >= 0.3 is 6.09 Å². The van der Waals surface area contributed by atoms with Crippen LogP contribution in [0.25, 0.3) is 0 Å². The lowest BCUT2D eigenvalue weighted by atomic mass is 10.0. The van der Waals surface area contributed by atoms with E-state index in [0.29, 0.717) is 45.2 Å². The molecule has 2 amide bonds. The Balaban J connectivity index is 2.60. The second kappa shape index (κ2) is 7.99. The molecule has 110 valence electrons. The van der Waals surface area contributed by atoms with E-state index in [1.54, 1.807) is 11.8 Å². The monoisotopic (exact) mass is 272 g/mol. The van der Waals surface area contributed by atoms with Crippen LogP contribution in [0.3, 0.4) is 0 Å². The number of carbonyl (C=O) groups excluding carboxylic acids is 2. The molecule has 1 aliphatic rings. The van der Waals surface area contributed by atoms with Crippen LogP contribution in [0.15, 0.2) is 0 Å². The van der Waals surface area contributed by atoms with Crippen LogP contribution in [0.5, 0.6) is 0 Å². The summed E-state index contributed by atoms with van der Waals surface area (Å²) in [7, 11) is 0. The molecule has 6 nitrogen and oxygen atoms in total. The number of rotatable bonds is 5. The van der Waals surface area contributed by atoms with E-state index >= 15 is 0 Å². The standard InChI is InChI=1S/C13H24N2O4/c1-4-19-13(17)14-11(9-10(2)3)12(16)15-5-7-18-8-6-15/h10-11H,4-9H2,1-3H3,(H,14,17)/t11-/m1/s1. The molecular weight excluding hydrogens is 248 g/mol. The van der Waals surface area contributed by atoms with E-state index in [0.717, 1.165) is 0 Å². The van der Waals surface area contributed by atoms with Gasteiger partial charge in [0.05, 0.1) is 19.8 Å². The van der Waals surface area contributed by atoms with Crippen LogP contribution in [0, 0.1) is 5.92 Å². The lowest BCUT2D eigenvalue weighted by Crippen LogP contribution is -2.52. The Hall–Kier alpha value is -1.30. The molecule has 0 aliphatic carbocycles. The third-order valence-corrected chi connectivity index (χ3v) is 2.90. The van der Waals surface area contributed by atoms with Gasteiger partial charge in [0.15, 0.2) is 0 Å². The molecule has 1 rings (SSSR count). The highest BCUT2D eigenvalue weighted by Gasteiger charge is 2.28. The van der Waals surface area contributed by atoms with Gasteiger partial charge in [-0.3, -0.25) is 4.79 Å². The molecule has 0 bridgehead atoms. The number of hydrogen-bond donors (Lipinski definition) is 1. The molecule has 6 heteroatoms. The van der Waals surface area contributed by atoms with Crippen molar-refractivity contribution in [2.24, 2.45) is 5.92 Å². The fourth-order valence-electron chi connectivity index (χ4n) is 2.01. The molecular formula is C13H24N2O4. The van der Waals surface area contributed by atoms with Gasteiger partial charge in [0.2, 0.25) is 5.91 Å². The van der Waals surface area contributed by atoms with Gasteiger partial charge in [-0.15, -0.1) is 0 Å². The molecule has 0 unspecified atom stereocenters. The summed E-state index contributed by atoms with van der Waals surface area (Å²) >= 11 is 0. The maximum atomic E-state index is 12.4. The number of amides is 2. The van der Waals surface area contributed by atoms with Crippen molar-refractivity contribution < 1.29 is 19.1 Å². The number of alkyl carbamates (subject to hydrolysis) is 1. The highest BCUT2D eigenvalue weighted by Crippen LogP contribution is 2.10. The Morgan fingerprint density at radius 1 is 1.32 bits per heavy atom. The highest BCUT2D eigenvalue weighted by molar-refractivity contribution is 5.85. The van der Waals surface area contributed by atoms with E-state index < -0.39 is 12.1 Å². The lowest BCUT2D eigenvalue weighted by molar-refractivity contribution is -0.137. The summed E-state index contributed by atoms with van der Waals surface area (Å²) in [6, 6.07) is -0.517. The number of hydrogen-bond acceptors (Lipinski definition) is 4. The molecule has 0 radical (unpaired) electrons. The number of ether oxygens (including phenoxy) is 2. The van der Waals surface area contributed by atoms with Crippen molar-refractivity contribution in [3.05, 3.63) is 0 Å². The first kappa shape index (κ1) is 15.8. The minimum absolute atomic E-state index is 0.0509. The van der Waals surface area contributed by atoms with Crippen LogP contribution in [-0.2, 0) is 14.3 Å². The van der Waals surface area contributed by atoms with Crippen molar-refractivity contribution in [1.29, 1.82) is 0 Å². The Labute approximate surface area is 114 Å². The van der Waals surface area contributed by atoms with E-state index in [1.165, 1.54) is 0 Å². The van der Waals surface area contributed by atoms with Crippen molar-refractivity contribution in [2.75, 3.05) is 32.9 Å². The van der Waals surface area contributed by atoms with Crippen molar-refractivity contribution in [3.63, 3.8) is 0 Å². The predicted octanol–water partition coefficient (Wildman–Crippen LogP) is 1.01. The average Bonchev–Trinajstić information content (AvgIpc) is 2.38. The van der Waals surface area contributed by atoms with E-state index in [4.69, 9.17) is 9.47 Å². The zero-order valence-electron chi connectivity index (χ0n) is 12.0. The SMILES string of the molecule is CCOC(=O)N[C@H](CC(C)C)C(=O)N1CCOCC1. The van der Waals surface area contributed by atoms with Crippen LogP contribution in [-0.4, -0.2) is 55.9 Å². The normalized spacial score (nSPS) is 17.2. The number of nitrogens with one attached hydrogen (secondary N) is 1. The first-order valence-electron chi connectivity index (χ1n) is 6.84. The van der Waals surface area contributed by atoms with Gasteiger partial charge in [0.25, 0.3) is 0 Å². The summed E-state index contributed by atoms with van der Waals surface area (Å²) in [4.78, 5) is 25.6. The van der Waals surface area contributed by atoms with E-state index in [9.17, 15) is 9.59 Å². The molecule has 1 fully saturated rings. The Morgan fingerprint density at radius 3 is 2.47 bits per heavy atom. The number of morpholine rings is 1. The summed E-state index contributed by atoms with van der Waals surface area (Å²) in [5.74, 6) is 0.266. The van der Waals surface area contributed by atoms with Crippen molar-refractivity contribution >= 4 is 12.0 Å². The van der Waals surface area contributed by atoms with Crippen LogP contribution in [0.2, 0.25) is 0 Å². The van der Waals surface area contributed by atoms with Gasteiger partial charge in [0.1, 0.15) is 6.04 Å². The Bertz CT molecular complexity index is 301. The first-order chi connectivity index (χ1) is 9.04. The minimum Gasteiger partial charge on any atom is -0.450 e. The predicted molar refractivity (Wildman–Crippen MR) is 70.8 cm³/mol. The summed E-state index contributed by atoms with van der Waals surface area (Å²) in [6.07, 6.45) is 0.0735. The van der Waals surface area contributed by atoms with Crippen LogP contribution in [0.1, 0.15) is 27.2 Å². The fraction of sp³-hybridized carbons (Fsp3) is 0.846. The van der Waals surface area contributed by atoms with Crippen molar-refractivity contribution in [3.8, 4) is 0 Å². The van der Waals surface area contributed by atoms with Gasteiger partial charge in [-0.25, -0.2) is 4.79 Å². The molecule has 0 aromatic carbocycles. The largest absolute Gasteiger partial charge is 0.450 e. The summed E-state index contributed by atoms with van der Waals surface area (Å²) in [6.45, 7) is 8.35. The average molecular weight is 272 g/mol. The third-order valence-electron chi connectivity index (χ3n) is 2.90. The van der Waals surface area contributed by atoms with E-state index in [2.05, 4.69) is 5.32 Å². The van der Waals surface area contributed by atoms with Crippen molar-refractivity contribution in [1.82, 2.24) is 10.2 Å². The smallest absolute Gasteiger partial charge is 0.407 e. The molecule has 0 spiro atoms. The maximum absolute atomic E-state index is 12.4. The second-order valence-corrected chi connectivity index (χ2v) is 4.98. The van der Waals surface area contributed by atoms with Crippen LogP contribution < -0.4 is 5.32 Å². The number of nitrogens with zero attached hydrogens (tertiary/aromatic N) is 1. The molecule has 1 heterocycles. The molecule has 1 atom stereocenters. The lowest BCUT2D eigenvalue weighted by Gasteiger charge is -2.31. The fourth-order valence-corrected chi connectivity index (χ4v) is 2.01. The van der Waals surface area contributed by atoms with Crippen molar-refractivity contribution in [2.45, 2.75) is 33.2 Å². The Morgan fingerprint density at radius 2 is 1.95 bits per heavy atom. The molecule has 1 N–H and O–H groups in total. The molecule has 19 heavy (non-hydrogen) atoms. The van der Waals surface area contributed by atoms with Gasteiger partial charge in [-0.1, -0.05) is 13.8 Å². The molecule has 0 saturated carbocycles. The summed E-state index contributed by atoms with van der Waals surface area (Å²) < 4.78 is 10.1. The summed E-state index contributed by atoms with van der Waals surface area (Å²) in [5.41, 5.74) is 0. The van der Waals surface area contributed by atoms with Crippen LogP contribution >= 0.6 is 0 Å². The number of carbonyl (C=O) groups is 2. The van der Waals surface area contributed by atoms with Gasteiger partial charge in [0, 0.05) is 13.1 Å². The topological polar surface area (TPSA) is 67.9 Å². The molecule has 0 aromatic rings. The van der Waals surface area contributed by atoms with Gasteiger partial charge < -0.3 is 19.7 Å². The minimum atomic E-state index is -0.533. The van der Waals surface area contributed by atoms with E-state index in [1.807, 2.05) is 13.8 Å². The molecule has 0 aromatic heterocycles. The first-order valence-corrected chi connectivity index (χ1v) is 6.84. The maximum Gasteiger partial charge on any atom is 0.407 e. The third kappa shape index (κ3) is 5.46. The Kier molecular flexibility index (Phi) is 6.62. The van der Waals surface area contributed by atoms with E-state index in [-0.39, 0.29) is 5.91 Å². The summed E-state index contributed by atoms with van der Waals surface area (Å²) in [5, 5.41) is 2.65. The zero-order chi connectivity index (χ0) is 14.3. The second-order valence-electron chi connectivity index (χ2n) is 4.98. The quantitative estimate of drug-likeness (QED) is 0.811.